The minimum Gasteiger partial charge on any atom is -0.408 e. The van der Waals surface area contributed by atoms with E-state index in [0.717, 1.165) is 19.3 Å². The molecule has 0 fully saturated rings. The van der Waals surface area contributed by atoms with Crippen molar-refractivity contribution in [2.75, 3.05) is 6.54 Å². The fourth-order valence-corrected chi connectivity index (χ4v) is 4.26. The van der Waals surface area contributed by atoms with E-state index in [-0.39, 0.29) is 11.4 Å². The summed E-state index contributed by atoms with van der Waals surface area (Å²) in [6.07, 6.45) is 6.25. The molecule has 2 N–H and O–H groups in total. The van der Waals surface area contributed by atoms with Crippen molar-refractivity contribution < 1.29 is 12.8 Å². The number of aromatic amines is 1. The maximum Gasteiger partial charge on any atom is 0.417 e. The van der Waals surface area contributed by atoms with Crippen LogP contribution >= 0.6 is 0 Å². The number of benzene rings is 1. The van der Waals surface area contributed by atoms with E-state index in [2.05, 4.69) is 14.8 Å². The van der Waals surface area contributed by atoms with Gasteiger partial charge in [-0.25, -0.2) is 17.9 Å². The van der Waals surface area contributed by atoms with Crippen molar-refractivity contribution in [1.82, 2.24) is 19.5 Å². The molecule has 1 aliphatic rings. The van der Waals surface area contributed by atoms with Gasteiger partial charge in [-0.05, 0) is 49.4 Å². The highest BCUT2D eigenvalue weighted by Crippen LogP contribution is 2.20. The van der Waals surface area contributed by atoms with Gasteiger partial charge in [0.1, 0.15) is 0 Å². The Labute approximate surface area is 143 Å². The van der Waals surface area contributed by atoms with Gasteiger partial charge < -0.3 is 4.42 Å². The van der Waals surface area contributed by atoms with Crippen molar-refractivity contribution in [3.8, 4) is 0 Å². The Kier molecular flexibility index (Phi) is 3.97. The van der Waals surface area contributed by atoms with Gasteiger partial charge in [0.2, 0.25) is 10.0 Å². The van der Waals surface area contributed by atoms with Gasteiger partial charge in [0.05, 0.1) is 23.2 Å². The third-order valence-electron chi connectivity index (χ3n) is 4.46. The first-order valence-electron chi connectivity index (χ1n) is 8.19. The molecule has 132 valence electrons. The van der Waals surface area contributed by atoms with Crippen LogP contribution in [0.1, 0.15) is 24.1 Å². The number of hydrogen-bond donors (Lipinski definition) is 2. The average Bonchev–Trinajstić information content (AvgIpc) is 3.16. The van der Waals surface area contributed by atoms with Crippen LogP contribution in [0.3, 0.4) is 0 Å². The summed E-state index contributed by atoms with van der Waals surface area (Å²) in [7, 11) is -3.67. The second-order valence-corrected chi connectivity index (χ2v) is 7.88. The summed E-state index contributed by atoms with van der Waals surface area (Å²) < 4.78 is 34.2. The summed E-state index contributed by atoms with van der Waals surface area (Å²) in [4.78, 5) is 13.7. The van der Waals surface area contributed by atoms with E-state index in [1.807, 2.05) is 10.9 Å². The van der Waals surface area contributed by atoms with E-state index in [1.165, 1.54) is 35.9 Å². The van der Waals surface area contributed by atoms with Crippen LogP contribution in [0.4, 0.5) is 0 Å². The Hall–Kier alpha value is -2.39. The van der Waals surface area contributed by atoms with Crippen LogP contribution in [0.5, 0.6) is 0 Å². The zero-order valence-corrected chi connectivity index (χ0v) is 14.3. The Morgan fingerprint density at radius 3 is 3.00 bits per heavy atom. The van der Waals surface area contributed by atoms with Crippen LogP contribution in [-0.2, 0) is 29.4 Å². The van der Waals surface area contributed by atoms with Crippen molar-refractivity contribution in [2.24, 2.45) is 0 Å². The van der Waals surface area contributed by atoms with Gasteiger partial charge in [-0.3, -0.25) is 9.67 Å². The molecule has 0 saturated carbocycles. The van der Waals surface area contributed by atoms with Crippen LogP contribution in [0.2, 0.25) is 0 Å². The Balaban J connectivity index is 1.47. The smallest absolute Gasteiger partial charge is 0.408 e. The number of fused-ring (bicyclic) bond motifs is 2. The quantitative estimate of drug-likeness (QED) is 0.708. The van der Waals surface area contributed by atoms with Gasteiger partial charge in [-0.15, -0.1) is 0 Å². The molecular formula is C16H18N4O4S. The lowest BCUT2D eigenvalue weighted by Crippen LogP contribution is -2.28. The second-order valence-electron chi connectivity index (χ2n) is 6.12. The molecule has 0 amide bonds. The molecule has 0 saturated heterocycles. The highest BCUT2D eigenvalue weighted by atomic mass is 32.2. The van der Waals surface area contributed by atoms with Crippen LogP contribution < -0.4 is 10.5 Å². The molecule has 0 radical (unpaired) electrons. The third-order valence-corrected chi connectivity index (χ3v) is 5.92. The van der Waals surface area contributed by atoms with Crippen LogP contribution in [-0.4, -0.2) is 29.7 Å². The molecule has 0 bridgehead atoms. The zero-order chi connectivity index (χ0) is 17.4. The molecule has 8 nitrogen and oxygen atoms in total. The lowest BCUT2D eigenvalue weighted by molar-refractivity contribution is 0.538. The van der Waals surface area contributed by atoms with Gasteiger partial charge in [-0.2, -0.15) is 5.10 Å². The molecule has 4 rings (SSSR count). The zero-order valence-electron chi connectivity index (χ0n) is 13.5. The minimum atomic E-state index is -3.67. The van der Waals surface area contributed by atoms with E-state index >= 15 is 0 Å². The fourth-order valence-electron chi connectivity index (χ4n) is 3.22. The normalized spacial score (nSPS) is 14.7. The first kappa shape index (κ1) is 16.1. The summed E-state index contributed by atoms with van der Waals surface area (Å²) in [6.45, 7) is 0.732. The van der Waals surface area contributed by atoms with Gasteiger partial charge in [-0.1, -0.05) is 0 Å². The Morgan fingerprint density at radius 2 is 2.12 bits per heavy atom. The molecule has 0 unspecified atom stereocenters. The van der Waals surface area contributed by atoms with Gasteiger partial charge in [0.25, 0.3) is 0 Å². The summed E-state index contributed by atoms with van der Waals surface area (Å²) in [6, 6.07) is 4.27. The van der Waals surface area contributed by atoms with Gasteiger partial charge in [0, 0.05) is 12.2 Å². The molecule has 25 heavy (non-hydrogen) atoms. The molecule has 0 spiro atoms. The molecule has 0 aliphatic heterocycles. The molecule has 1 aromatic carbocycles. The number of rotatable bonds is 5. The summed E-state index contributed by atoms with van der Waals surface area (Å²) in [5.41, 5.74) is 3.16. The summed E-state index contributed by atoms with van der Waals surface area (Å²) in [5, 5.41) is 4.36. The van der Waals surface area contributed by atoms with Crippen LogP contribution in [0, 0.1) is 0 Å². The van der Waals surface area contributed by atoms with Crippen molar-refractivity contribution in [3.05, 3.63) is 46.2 Å². The molecule has 9 heteroatoms. The topological polar surface area (TPSA) is 110 Å². The molecule has 2 aromatic heterocycles. The Bertz CT molecular complexity index is 1080. The number of aryl methyl sites for hydroxylation is 1. The molecular weight excluding hydrogens is 344 g/mol. The summed E-state index contributed by atoms with van der Waals surface area (Å²) >= 11 is 0. The predicted octanol–water partition coefficient (Wildman–Crippen LogP) is 1.17. The average molecular weight is 362 g/mol. The highest BCUT2D eigenvalue weighted by Gasteiger charge is 2.17. The van der Waals surface area contributed by atoms with E-state index in [9.17, 15) is 13.2 Å². The first-order chi connectivity index (χ1) is 12.0. The number of nitrogens with zero attached hydrogens (tertiary/aromatic N) is 2. The lowest BCUT2D eigenvalue weighted by Gasteiger charge is -2.14. The van der Waals surface area contributed by atoms with Crippen molar-refractivity contribution in [3.63, 3.8) is 0 Å². The number of hydrogen-bond acceptors (Lipinski definition) is 5. The largest absolute Gasteiger partial charge is 0.417 e. The standard InChI is InChI=1S/C16H18N4O4S/c21-16-19-13-9-12(5-6-15(13)24-16)25(22,23)18-7-8-20-14-4-2-1-3-11(14)10-17-20/h5-6,9-10,18H,1-4,7-8H2,(H,19,21). The van der Waals surface area contributed by atoms with E-state index in [1.54, 1.807) is 0 Å². The van der Waals surface area contributed by atoms with E-state index in [4.69, 9.17) is 4.42 Å². The number of nitrogens with one attached hydrogen (secondary N) is 2. The van der Waals surface area contributed by atoms with Crippen LogP contribution in [0.15, 0.2) is 38.5 Å². The number of sulfonamides is 1. The number of oxazole rings is 1. The fraction of sp³-hybridized carbons (Fsp3) is 0.375. The van der Waals surface area contributed by atoms with Crippen LogP contribution in [0.25, 0.3) is 11.1 Å². The molecule has 2 heterocycles. The number of H-pyrrole nitrogens is 1. The molecule has 1 aliphatic carbocycles. The van der Waals surface area contributed by atoms with Crippen molar-refractivity contribution in [2.45, 2.75) is 37.1 Å². The predicted molar refractivity (Wildman–Crippen MR) is 90.9 cm³/mol. The van der Waals surface area contributed by atoms with Crippen molar-refractivity contribution >= 4 is 21.1 Å². The first-order valence-corrected chi connectivity index (χ1v) is 9.67. The second kappa shape index (κ2) is 6.16. The van der Waals surface area contributed by atoms with Crippen molar-refractivity contribution in [1.29, 1.82) is 0 Å². The molecule has 3 aromatic rings. The lowest BCUT2D eigenvalue weighted by atomic mass is 9.98. The highest BCUT2D eigenvalue weighted by molar-refractivity contribution is 7.89. The maximum atomic E-state index is 12.4. The van der Waals surface area contributed by atoms with E-state index in [0.29, 0.717) is 17.6 Å². The SMILES string of the molecule is O=c1[nH]c2cc(S(=O)(=O)NCCn3ncc4c3CCCC4)ccc2o1. The molecule has 0 atom stereocenters. The minimum absolute atomic E-state index is 0.0829. The van der Waals surface area contributed by atoms with Gasteiger partial charge in [0.15, 0.2) is 5.58 Å². The maximum absolute atomic E-state index is 12.4. The monoisotopic (exact) mass is 362 g/mol. The number of aromatic nitrogens is 3. The third kappa shape index (κ3) is 3.12. The van der Waals surface area contributed by atoms with Gasteiger partial charge >= 0.3 is 5.76 Å². The Morgan fingerprint density at radius 1 is 1.28 bits per heavy atom. The van der Waals surface area contributed by atoms with E-state index < -0.39 is 15.8 Å². The summed E-state index contributed by atoms with van der Waals surface area (Å²) in [5.74, 6) is -0.610.